The van der Waals surface area contributed by atoms with Crippen LogP contribution in [0.5, 0.6) is 0 Å². The minimum absolute atomic E-state index is 0.676. The molecular weight excluding hydrogens is 791 g/mol. The highest BCUT2D eigenvalue weighted by Crippen LogP contribution is 2.40. The Morgan fingerprint density at radius 2 is 1.00 bits per heavy atom. The van der Waals surface area contributed by atoms with Gasteiger partial charge < -0.3 is 4.57 Å². The van der Waals surface area contributed by atoms with E-state index in [1.54, 1.807) is 11.3 Å². The van der Waals surface area contributed by atoms with Gasteiger partial charge in [-0.05, 0) is 72.8 Å². The molecule has 0 spiro atoms. The van der Waals surface area contributed by atoms with Gasteiger partial charge in [-0.25, -0.2) is 19.9 Å². The van der Waals surface area contributed by atoms with Crippen LogP contribution in [0.3, 0.4) is 0 Å². The zero-order valence-electron chi connectivity index (χ0n) is 33.6. The van der Waals surface area contributed by atoms with Crippen LogP contribution < -0.4 is 0 Å². The number of rotatable bonds is 6. The summed E-state index contributed by atoms with van der Waals surface area (Å²) >= 11 is 1.81. The molecule has 0 aliphatic heterocycles. The molecule has 0 saturated carbocycles. The number of fused-ring (bicyclic) bond motifs is 9. The van der Waals surface area contributed by atoms with Crippen molar-refractivity contribution in [3.63, 3.8) is 0 Å². The van der Waals surface area contributed by atoms with E-state index >= 15 is 0 Å². The monoisotopic (exact) mass is 823 g/mol. The van der Waals surface area contributed by atoms with Gasteiger partial charge in [0, 0.05) is 94.3 Å². The fraction of sp³-hybridized carbons (Fsp3) is 0. The number of benzene rings is 7. The summed E-state index contributed by atoms with van der Waals surface area (Å²) in [6.45, 7) is 0. The molecule has 0 atom stereocenters. The number of para-hydroxylation sites is 2. The number of pyridine rings is 1. The maximum absolute atomic E-state index is 5.21. The standard InChI is InChI=1S/C55H33N7S/c1-3-11-34(12-4-1)46-32-53(60-55(59-46)35-13-5-2-6-14-35)62-48-18-10-8-16-40(48)41-29-36(19-22-50(41)62)45-25-28-57-54(58-45)37-20-23-49-42(30-37)39-15-7-9-17-47(39)61(49)38-21-24-51-43(31-38)44-33-56-27-26-52(44)63-51/h1-33H. The Balaban J connectivity index is 0.920. The van der Waals surface area contributed by atoms with Crippen LogP contribution in [0.25, 0.3) is 121 Å². The molecule has 0 amide bonds. The first-order chi connectivity index (χ1) is 31.2. The Morgan fingerprint density at radius 1 is 0.365 bits per heavy atom. The summed E-state index contributed by atoms with van der Waals surface area (Å²) in [6, 6.07) is 63.8. The number of aromatic nitrogens is 7. The van der Waals surface area contributed by atoms with Crippen molar-refractivity contribution in [1.29, 1.82) is 0 Å². The fourth-order valence-electron chi connectivity index (χ4n) is 9.20. The molecule has 0 bridgehead atoms. The lowest BCUT2D eigenvalue weighted by Gasteiger charge is -2.12. The molecule has 13 aromatic rings. The second-order valence-corrected chi connectivity index (χ2v) is 16.8. The van der Waals surface area contributed by atoms with Crippen molar-refractivity contribution in [2.45, 2.75) is 0 Å². The van der Waals surface area contributed by atoms with Gasteiger partial charge in [-0.15, -0.1) is 11.3 Å². The lowest BCUT2D eigenvalue weighted by molar-refractivity contribution is 1.05. The van der Waals surface area contributed by atoms with Crippen molar-refractivity contribution < 1.29 is 0 Å². The van der Waals surface area contributed by atoms with Crippen molar-refractivity contribution in [3.05, 3.63) is 201 Å². The minimum Gasteiger partial charge on any atom is -0.309 e. The molecule has 7 aromatic carbocycles. The van der Waals surface area contributed by atoms with Crippen LogP contribution in [0.4, 0.5) is 0 Å². The summed E-state index contributed by atoms with van der Waals surface area (Å²) < 4.78 is 7.12. The van der Waals surface area contributed by atoms with E-state index < -0.39 is 0 Å². The van der Waals surface area contributed by atoms with Crippen LogP contribution in [-0.4, -0.2) is 34.1 Å². The summed E-state index contributed by atoms with van der Waals surface area (Å²) in [5.74, 6) is 2.16. The van der Waals surface area contributed by atoms with Crippen molar-refractivity contribution in [2.75, 3.05) is 0 Å². The van der Waals surface area contributed by atoms with Gasteiger partial charge in [0.2, 0.25) is 0 Å². The molecule has 6 heterocycles. The maximum atomic E-state index is 5.21. The van der Waals surface area contributed by atoms with E-state index in [-0.39, 0.29) is 0 Å². The number of thiophene rings is 1. The van der Waals surface area contributed by atoms with Crippen LogP contribution in [0.15, 0.2) is 201 Å². The van der Waals surface area contributed by atoms with E-state index in [0.29, 0.717) is 11.6 Å². The van der Waals surface area contributed by atoms with E-state index in [9.17, 15) is 0 Å². The van der Waals surface area contributed by atoms with Crippen LogP contribution in [0.2, 0.25) is 0 Å². The molecule has 0 aliphatic rings. The second-order valence-electron chi connectivity index (χ2n) is 15.8. The molecule has 0 aliphatic carbocycles. The van der Waals surface area contributed by atoms with E-state index in [1.807, 2.05) is 61.1 Å². The normalized spacial score (nSPS) is 11.8. The first kappa shape index (κ1) is 35.4. The Morgan fingerprint density at radius 3 is 1.79 bits per heavy atom. The molecule has 63 heavy (non-hydrogen) atoms. The molecule has 7 nitrogen and oxygen atoms in total. The van der Waals surface area contributed by atoms with Crippen LogP contribution in [0, 0.1) is 0 Å². The largest absolute Gasteiger partial charge is 0.309 e. The highest BCUT2D eigenvalue weighted by Gasteiger charge is 2.19. The molecule has 0 radical (unpaired) electrons. The van der Waals surface area contributed by atoms with Crippen LogP contribution in [0.1, 0.15) is 0 Å². The lowest BCUT2D eigenvalue weighted by Crippen LogP contribution is -2.02. The van der Waals surface area contributed by atoms with Crippen LogP contribution >= 0.6 is 11.3 Å². The lowest BCUT2D eigenvalue weighted by atomic mass is 10.1. The van der Waals surface area contributed by atoms with E-state index in [4.69, 9.17) is 19.9 Å². The number of hydrogen-bond acceptors (Lipinski definition) is 6. The third kappa shape index (κ3) is 5.76. The highest BCUT2D eigenvalue weighted by molar-refractivity contribution is 7.25. The summed E-state index contributed by atoms with van der Waals surface area (Å²) in [5, 5.41) is 6.99. The minimum atomic E-state index is 0.676. The number of nitrogens with zero attached hydrogens (tertiary/aromatic N) is 7. The Hall–Kier alpha value is -8.33. The van der Waals surface area contributed by atoms with Gasteiger partial charge in [-0.1, -0.05) is 103 Å². The first-order valence-electron chi connectivity index (χ1n) is 20.9. The van der Waals surface area contributed by atoms with E-state index in [0.717, 1.165) is 83.4 Å². The Bertz CT molecular complexity index is 3870. The molecule has 13 rings (SSSR count). The van der Waals surface area contributed by atoms with Crippen molar-refractivity contribution >= 4 is 75.1 Å². The SMILES string of the molecule is c1ccc(-c2cc(-n3c4ccccc4c4cc(-c5ccnc(-c6ccc7c(c6)c6ccccc6n7-c6ccc7sc8ccncc8c7c6)n5)ccc43)nc(-c3ccccc3)n2)cc1. The Labute approximate surface area is 364 Å². The third-order valence-electron chi connectivity index (χ3n) is 12.1. The summed E-state index contributed by atoms with van der Waals surface area (Å²) in [5.41, 5.74) is 11.2. The third-order valence-corrected chi connectivity index (χ3v) is 13.3. The van der Waals surface area contributed by atoms with Crippen molar-refractivity contribution in [2.24, 2.45) is 0 Å². The van der Waals surface area contributed by atoms with E-state index in [1.165, 1.54) is 25.6 Å². The maximum Gasteiger partial charge on any atom is 0.162 e. The zero-order chi connectivity index (χ0) is 41.4. The van der Waals surface area contributed by atoms with Gasteiger partial charge in [0.1, 0.15) is 5.82 Å². The van der Waals surface area contributed by atoms with E-state index in [2.05, 4.69) is 154 Å². The zero-order valence-corrected chi connectivity index (χ0v) is 34.4. The van der Waals surface area contributed by atoms with Crippen molar-refractivity contribution in [1.82, 2.24) is 34.1 Å². The predicted octanol–water partition coefficient (Wildman–Crippen LogP) is 13.9. The Kier molecular flexibility index (Phi) is 7.94. The van der Waals surface area contributed by atoms with Gasteiger partial charge in [0.05, 0.1) is 33.5 Å². The molecule has 8 heteroatoms. The van der Waals surface area contributed by atoms with Gasteiger partial charge in [0.25, 0.3) is 0 Å². The van der Waals surface area contributed by atoms with Gasteiger partial charge in [-0.3, -0.25) is 9.55 Å². The van der Waals surface area contributed by atoms with Crippen molar-refractivity contribution in [3.8, 4) is 56.8 Å². The number of hydrogen-bond donors (Lipinski definition) is 0. The fourth-order valence-corrected chi connectivity index (χ4v) is 10.3. The van der Waals surface area contributed by atoms with Gasteiger partial charge in [0.15, 0.2) is 11.6 Å². The summed E-state index contributed by atoms with van der Waals surface area (Å²) in [7, 11) is 0. The summed E-state index contributed by atoms with van der Waals surface area (Å²) in [4.78, 5) is 24.7. The van der Waals surface area contributed by atoms with Crippen LogP contribution in [-0.2, 0) is 0 Å². The predicted molar refractivity (Wildman–Crippen MR) is 259 cm³/mol. The summed E-state index contributed by atoms with van der Waals surface area (Å²) in [6.07, 6.45) is 5.71. The molecule has 0 N–H and O–H groups in total. The first-order valence-corrected chi connectivity index (χ1v) is 21.7. The molecule has 0 saturated heterocycles. The topological polar surface area (TPSA) is 74.3 Å². The quantitative estimate of drug-likeness (QED) is 0.167. The molecule has 0 fully saturated rings. The molecule has 6 aromatic heterocycles. The molecule has 294 valence electrons. The smallest absolute Gasteiger partial charge is 0.162 e. The average molecular weight is 824 g/mol. The molecular formula is C55H33N7S. The second kappa shape index (κ2) is 14.1. The molecule has 0 unspecified atom stereocenters. The van der Waals surface area contributed by atoms with Gasteiger partial charge in [-0.2, -0.15) is 0 Å². The van der Waals surface area contributed by atoms with Gasteiger partial charge >= 0.3 is 0 Å². The average Bonchev–Trinajstić information content (AvgIpc) is 4.01. The highest BCUT2D eigenvalue weighted by atomic mass is 32.1.